The van der Waals surface area contributed by atoms with E-state index in [1.54, 1.807) is 24.3 Å². The van der Waals surface area contributed by atoms with Crippen LogP contribution in [0.2, 0.25) is 5.15 Å². The third kappa shape index (κ3) is 4.67. The Morgan fingerprint density at radius 1 is 1.28 bits per heavy atom. The Bertz CT molecular complexity index is 778. The second-order valence-corrected chi connectivity index (χ2v) is 6.09. The van der Waals surface area contributed by atoms with Gasteiger partial charge in [0, 0.05) is 18.4 Å². The van der Waals surface area contributed by atoms with Gasteiger partial charge in [0.2, 0.25) is 0 Å². The van der Waals surface area contributed by atoms with Crippen LogP contribution in [0.5, 0.6) is 0 Å². The van der Waals surface area contributed by atoms with Gasteiger partial charge in [-0.2, -0.15) is 0 Å². The SMILES string of the molecule is CC(OC(=O)c1ccc(NC2CC2)nc1)C(=O)Nc1cccnc1Cl. The van der Waals surface area contributed by atoms with E-state index in [9.17, 15) is 9.59 Å². The molecule has 1 aliphatic carbocycles. The first-order chi connectivity index (χ1) is 12.0. The Hall–Kier alpha value is -2.67. The highest BCUT2D eigenvalue weighted by Crippen LogP contribution is 2.23. The lowest BCUT2D eigenvalue weighted by atomic mass is 10.2. The molecule has 0 radical (unpaired) electrons. The molecule has 0 spiro atoms. The lowest BCUT2D eigenvalue weighted by molar-refractivity contribution is -0.123. The fourth-order valence-corrected chi connectivity index (χ4v) is 2.20. The van der Waals surface area contributed by atoms with Crippen molar-refractivity contribution in [3.63, 3.8) is 0 Å². The Balaban J connectivity index is 1.55. The van der Waals surface area contributed by atoms with Crippen molar-refractivity contribution in [2.24, 2.45) is 0 Å². The summed E-state index contributed by atoms with van der Waals surface area (Å²) in [6.07, 6.45) is 4.22. The van der Waals surface area contributed by atoms with Gasteiger partial charge in [-0.05, 0) is 44.0 Å². The molecule has 7 nitrogen and oxygen atoms in total. The van der Waals surface area contributed by atoms with Crippen molar-refractivity contribution >= 4 is 35.0 Å². The Kier molecular flexibility index (Phi) is 5.14. The number of pyridine rings is 2. The van der Waals surface area contributed by atoms with Crippen LogP contribution >= 0.6 is 11.6 Å². The molecular weight excluding hydrogens is 344 g/mol. The molecule has 1 amide bonds. The zero-order valence-corrected chi connectivity index (χ0v) is 14.3. The van der Waals surface area contributed by atoms with Gasteiger partial charge in [0.25, 0.3) is 5.91 Å². The summed E-state index contributed by atoms with van der Waals surface area (Å²) in [5.41, 5.74) is 0.634. The van der Waals surface area contributed by atoms with Gasteiger partial charge in [0.15, 0.2) is 11.3 Å². The molecule has 1 unspecified atom stereocenters. The maximum absolute atomic E-state index is 12.1. The van der Waals surface area contributed by atoms with Crippen LogP contribution in [-0.2, 0) is 9.53 Å². The molecule has 0 saturated heterocycles. The Morgan fingerprint density at radius 3 is 2.72 bits per heavy atom. The van der Waals surface area contributed by atoms with Gasteiger partial charge in [-0.15, -0.1) is 0 Å². The van der Waals surface area contributed by atoms with Gasteiger partial charge >= 0.3 is 5.97 Å². The minimum atomic E-state index is -0.993. The van der Waals surface area contributed by atoms with Gasteiger partial charge in [-0.3, -0.25) is 4.79 Å². The van der Waals surface area contributed by atoms with Crippen LogP contribution in [0.1, 0.15) is 30.1 Å². The van der Waals surface area contributed by atoms with Crippen molar-refractivity contribution in [1.82, 2.24) is 9.97 Å². The van der Waals surface area contributed by atoms with E-state index in [4.69, 9.17) is 16.3 Å². The van der Waals surface area contributed by atoms with Crippen LogP contribution in [0.15, 0.2) is 36.7 Å². The topological polar surface area (TPSA) is 93.2 Å². The maximum Gasteiger partial charge on any atom is 0.340 e. The molecule has 2 heterocycles. The van der Waals surface area contributed by atoms with E-state index in [2.05, 4.69) is 20.6 Å². The molecular formula is C17H17ClN4O3. The Morgan fingerprint density at radius 2 is 2.08 bits per heavy atom. The molecule has 2 aromatic heterocycles. The maximum atomic E-state index is 12.1. The molecule has 1 atom stereocenters. The average molecular weight is 361 g/mol. The molecule has 130 valence electrons. The zero-order chi connectivity index (χ0) is 17.8. The van der Waals surface area contributed by atoms with Crippen LogP contribution in [0.3, 0.4) is 0 Å². The molecule has 1 fully saturated rings. The third-order valence-electron chi connectivity index (χ3n) is 3.60. The summed E-state index contributed by atoms with van der Waals surface area (Å²) < 4.78 is 5.17. The van der Waals surface area contributed by atoms with E-state index in [1.807, 2.05) is 0 Å². The molecule has 0 aliphatic heterocycles. The summed E-state index contributed by atoms with van der Waals surface area (Å²) in [7, 11) is 0. The van der Waals surface area contributed by atoms with Gasteiger partial charge in [-0.25, -0.2) is 14.8 Å². The second-order valence-electron chi connectivity index (χ2n) is 5.73. The molecule has 25 heavy (non-hydrogen) atoms. The van der Waals surface area contributed by atoms with Crippen LogP contribution in [-0.4, -0.2) is 34.0 Å². The average Bonchev–Trinajstić information content (AvgIpc) is 3.41. The standard InChI is InChI=1S/C17H17ClN4O3/c1-10(16(23)22-13-3-2-8-19-15(13)18)25-17(24)11-4-7-14(20-9-11)21-12-5-6-12/h2-4,7-10,12H,5-6H2,1H3,(H,20,21)(H,22,23). The van der Waals surface area contributed by atoms with Crippen molar-refractivity contribution in [3.8, 4) is 0 Å². The van der Waals surface area contributed by atoms with Gasteiger partial charge in [0.05, 0.1) is 11.3 Å². The van der Waals surface area contributed by atoms with Gasteiger partial charge in [0.1, 0.15) is 5.82 Å². The van der Waals surface area contributed by atoms with E-state index in [1.165, 1.54) is 19.3 Å². The van der Waals surface area contributed by atoms with E-state index in [0.717, 1.165) is 18.7 Å². The number of rotatable bonds is 6. The number of halogens is 1. The molecule has 0 bridgehead atoms. The van der Waals surface area contributed by atoms with Crippen LogP contribution in [0, 0.1) is 0 Å². The summed E-state index contributed by atoms with van der Waals surface area (Å²) in [5.74, 6) is -0.398. The lowest BCUT2D eigenvalue weighted by Gasteiger charge is -2.14. The minimum absolute atomic E-state index is 0.164. The van der Waals surface area contributed by atoms with E-state index in [0.29, 0.717) is 11.7 Å². The van der Waals surface area contributed by atoms with Crippen LogP contribution in [0.25, 0.3) is 0 Å². The number of nitrogens with zero attached hydrogens (tertiary/aromatic N) is 2. The first-order valence-electron chi connectivity index (χ1n) is 7.88. The number of amides is 1. The number of hydrogen-bond acceptors (Lipinski definition) is 6. The number of carbonyl (C=O) groups excluding carboxylic acids is 2. The molecule has 2 N–H and O–H groups in total. The molecule has 0 aromatic carbocycles. The second kappa shape index (κ2) is 7.48. The molecule has 2 aromatic rings. The summed E-state index contributed by atoms with van der Waals surface area (Å²) in [5, 5.41) is 5.96. The fourth-order valence-electron chi connectivity index (χ4n) is 2.03. The Labute approximate surface area is 149 Å². The largest absolute Gasteiger partial charge is 0.449 e. The van der Waals surface area contributed by atoms with Crippen molar-refractivity contribution in [2.45, 2.75) is 31.9 Å². The highest BCUT2D eigenvalue weighted by molar-refractivity contribution is 6.32. The molecule has 3 rings (SSSR count). The summed E-state index contributed by atoms with van der Waals surface area (Å²) in [6, 6.07) is 7.06. The summed E-state index contributed by atoms with van der Waals surface area (Å²) in [6.45, 7) is 1.48. The highest BCUT2D eigenvalue weighted by Gasteiger charge is 2.22. The van der Waals surface area contributed by atoms with Crippen molar-refractivity contribution < 1.29 is 14.3 Å². The quantitative estimate of drug-likeness (QED) is 0.607. The van der Waals surface area contributed by atoms with E-state index < -0.39 is 18.0 Å². The number of nitrogens with one attached hydrogen (secondary N) is 2. The number of ether oxygens (including phenoxy) is 1. The first kappa shape index (κ1) is 17.2. The normalized spacial score (nSPS) is 14.5. The first-order valence-corrected chi connectivity index (χ1v) is 8.25. The number of aromatic nitrogens is 2. The van der Waals surface area contributed by atoms with Gasteiger partial charge < -0.3 is 15.4 Å². The smallest absolute Gasteiger partial charge is 0.340 e. The predicted octanol–water partition coefficient (Wildman–Crippen LogP) is 2.89. The van der Waals surface area contributed by atoms with Gasteiger partial charge in [-0.1, -0.05) is 11.6 Å². The lowest BCUT2D eigenvalue weighted by Crippen LogP contribution is -2.30. The van der Waals surface area contributed by atoms with Crippen LogP contribution in [0.4, 0.5) is 11.5 Å². The predicted molar refractivity (Wildman–Crippen MR) is 93.6 cm³/mol. The van der Waals surface area contributed by atoms with Crippen molar-refractivity contribution in [2.75, 3.05) is 10.6 Å². The number of esters is 1. The minimum Gasteiger partial charge on any atom is -0.449 e. The number of carbonyl (C=O) groups is 2. The monoisotopic (exact) mass is 360 g/mol. The van der Waals surface area contributed by atoms with E-state index in [-0.39, 0.29) is 10.7 Å². The fraction of sp³-hybridized carbons (Fsp3) is 0.294. The molecule has 1 saturated carbocycles. The molecule has 8 heteroatoms. The van der Waals surface area contributed by atoms with Crippen molar-refractivity contribution in [1.29, 1.82) is 0 Å². The summed E-state index contributed by atoms with van der Waals surface area (Å²) >= 11 is 5.88. The third-order valence-corrected chi connectivity index (χ3v) is 3.90. The number of anilines is 2. The van der Waals surface area contributed by atoms with Crippen LogP contribution < -0.4 is 10.6 Å². The van der Waals surface area contributed by atoms with E-state index >= 15 is 0 Å². The zero-order valence-electron chi connectivity index (χ0n) is 13.5. The summed E-state index contributed by atoms with van der Waals surface area (Å²) in [4.78, 5) is 32.3. The number of hydrogen-bond donors (Lipinski definition) is 2. The molecule has 1 aliphatic rings. The van der Waals surface area contributed by atoms with Crippen molar-refractivity contribution in [3.05, 3.63) is 47.4 Å². The highest BCUT2D eigenvalue weighted by atomic mass is 35.5.